The molecular formula is C15H13BrCl3NO. The molecule has 21 heavy (non-hydrogen) atoms. The maximum absolute atomic E-state index is 6.36. The molecule has 1 N–H and O–H groups in total. The first kappa shape index (κ1) is 16.9. The van der Waals surface area contributed by atoms with Gasteiger partial charge in [0.15, 0.2) is 0 Å². The van der Waals surface area contributed by atoms with Gasteiger partial charge in [0.05, 0.1) is 18.2 Å². The number of halogens is 4. The Bertz CT molecular complexity index is 643. The molecule has 0 amide bonds. The van der Waals surface area contributed by atoms with Crippen LogP contribution in [0.2, 0.25) is 15.1 Å². The summed E-state index contributed by atoms with van der Waals surface area (Å²) in [6.07, 6.45) is 0. The quantitative estimate of drug-likeness (QED) is 0.697. The molecule has 0 aliphatic carbocycles. The molecule has 1 atom stereocenters. The third-order valence-electron chi connectivity index (χ3n) is 3.09. The Morgan fingerprint density at radius 2 is 1.76 bits per heavy atom. The smallest absolute Gasteiger partial charge is 0.138 e. The molecule has 2 aromatic carbocycles. The van der Waals surface area contributed by atoms with E-state index in [1.165, 1.54) is 0 Å². The zero-order chi connectivity index (χ0) is 15.6. The minimum atomic E-state index is -0.129. The van der Waals surface area contributed by atoms with Crippen molar-refractivity contribution in [3.8, 4) is 5.75 Å². The molecule has 6 heteroatoms. The van der Waals surface area contributed by atoms with E-state index in [0.717, 1.165) is 15.6 Å². The van der Waals surface area contributed by atoms with Crippen LogP contribution < -0.4 is 10.1 Å². The van der Waals surface area contributed by atoms with Gasteiger partial charge < -0.3 is 10.1 Å². The van der Waals surface area contributed by atoms with Gasteiger partial charge in [0.1, 0.15) is 5.75 Å². The fraction of sp³-hybridized carbons (Fsp3) is 0.200. The van der Waals surface area contributed by atoms with Crippen molar-refractivity contribution >= 4 is 50.7 Å². The van der Waals surface area contributed by atoms with E-state index >= 15 is 0 Å². The number of ether oxygens (including phenoxy) is 1. The first-order chi connectivity index (χ1) is 9.96. The van der Waals surface area contributed by atoms with E-state index in [1.807, 2.05) is 25.2 Å². The summed E-state index contributed by atoms with van der Waals surface area (Å²) in [4.78, 5) is 0. The van der Waals surface area contributed by atoms with Crippen molar-refractivity contribution in [2.45, 2.75) is 6.04 Å². The number of nitrogens with one attached hydrogen (secondary N) is 1. The number of rotatable bonds is 4. The Labute approximate surface area is 147 Å². The third kappa shape index (κ3) is 3.85. The zero-order valence-electron chi connectivity index (χ0n) is 11.4. The van der Waals surface area contributed by atoms with Gasteiger partial charge >= 0.3 is 0 Å². The topological polar surface area (TPSA) is 21.3 Å². The van der Waals surface area contributed by atoms with Crippen LogP contribution in [0.25, 0.3) is 0 Å². The van der Waals surface area contributed by atoms with Gasteiger partial charge in [-0.25, -0.2) is 0 Å². The molecule has 0 heterocycles. The normalized spacial score (nSPS) is 12.3. The molecule has 2 aromatic rings. The molecule has 112 valence electrons. The van der Waals surface area contributed by atoms with Crippen molar-refractivity contribution in [3.05, 3.63) is 61.0 Å². The average molecular weight is 410 g/mol. The van der Waals surface area contributed by atoms with Crippen LogP contribution in [0.3, 0.4) is 0 Å². The summed E-state index contributed by atoms with van der Waals surface area (Å²) in [5, 5.41) is 4.97. The predicted molar refractivity (Wildman–Crippen MR) is 93.1 cm³/mol. The Balaban J connectivity index is 2.53. The summed E-state index contributed by atoms with van der Waals surface area (Å²) in [6.45, 7) is 0. The standard InChI is InChI=1S/C15H13BrCl3NO/c1-20-15(8-3-9(16)5-10(17)4-8)11-6-13(19)14(21-2)7-12(11)18/h3-7,15,20H,1-2H3. The van der Waals surface area contributed by atoms with Gasteiger partial charge in [-0.3, -0.25) is 0 Å². The molecular weight excluding hydrogens is 396 g/mol. The molecule has 0 aliphatic rings. The summed E-state index contributed by atoms with van der Waals surface area (Å²) in [7, 11) is 3.41. The molecule has 2 rings (SSSR count). The van der Waals surface area contributed by atoms with Gasteiger partial charge in [0.2, 0.25) is 0 Å². The van der Waals surface area contributed by atoms with Crippen molar-refractivity contribution in [2.24, 2.45) is 0 Å². The van der Waals surface area contributed by atoms with Gasteiger partial charge in [0.25, 0.3) is 0 Å². The molecule has 0 fully saturated rings. The highest BCUT2D eigenvalue weighted by Crippen LogP contribution is 2.37. The fourth-order valence-corrected chi connectivity index (χ4v) is 3.56. The fourth-order valence-electron chi connectivity index (χ4n) is 2.17. The van der Waals surface area contributed by atoms with E-state index in [2.05, 4.69) is 21.2 Å². The van der Waals surface area contributed by atoms with Crippen LogP contribution in [0.1, 0.15) is 17.2 Å². The summed E-state index contributed by atoms with van der Waals surface area (Å²) < 4.78 is 6.08. The molecule has 0 aliphatic heterocycles. The molecule has 0 bridgehead atoms. The number of hydrogen-bond acceptors (Lipinski definition) is 2. The molecule has 0 saturated carbocycles. The summed E-state index contributed by atoms with van der Waals surface area (Å²) >= 11 is 22.1. The lowest BCUT2D eigenvalue weighted by molar-refractivity contribution is 0.415. The molecule has 0 saturated heterocycles. The lowest BCUT2D eigenvalue weighted by Gasteiger charge is -2.20. The Morgan fingerprint density at radius 3 is 2.33 bits per heavy atom. The second kappa shape index (κ2) is 7.21. The highest BCUT2D eigenvalue weighted by molar-refractivity contribution is 9.10. The molecule has 2 nitrogen and oxygen atoms in total. The van der Waals surface area contributed by atoms with Crippen LogP contribution in [0.4, 0.5) is 0 Å². The Morgan fingerprint density at radius 1 is 1.05 bits per heavy atom. The number of hydrogen-bond donors (Lipinski definition) is 1. The largest absolute Gasteiger partial charge is 0.495 e. The molecule has 0 radical (unpaired) electrons. The van der Waals surface area contributed by atoms with E-state index in [9.17, 15) is 0 Å². The average Bonchev–Trinajstić information content (AvgIpc) is 2.42. The highest BCUT2D eigenvalue weighted by Gasteiger charge is 2.18. The number of benzene rings is 2. The van der Waals surface area contributed by atoms with E-state index < -0.39 is 0 Å². The Hall–Kier alpha value is -0.450. The third-order valence-corrected chi connectivity index (χ3v) is 4.39. The highest BCUT2D eigenvalue weighted by atomic mass is 79.9. The molecule has 0 spiro atoms. The first-order valence-electron chi connectivity index (χ1n) is 6.12. The molecule has 0 aromatic heterocycles. The molecule has 1 unspecified atom stereocenters. The van der Waals surface area contributed by atoms with E-state index in [0.29, 0.717) is 20.8 Å². The minimum absolute atomic E-state index is 0.129. The van der Waals surface area contributed by atoms with Crippen molar-refractivity contribution in [1.29, 1.82) is 0 Å². The van der Waals surface area contributed by atoms with Crippen LogP contribution in [-0.4, -0.2) is 14.2 Å². The number of methoxy groups -OCH3 is 1. The maximum Gasteiger partial charge on any atom is 0.138 e. The van der Waals surface area contributed by atoms with Crippen LogP contribution in [0.15, 0.2) is 34.8 Å². The van der Waals surface area contributed by atoms with Crippen molar-refractivity contribution in [3.63, 3.8) is 0 Å². The SMILES string of the molecule is CNC(c1cc(Cl)cc(Br)c1)c1cc(Cl)c(OC)cc1Cl. The van der Waals surface area contributed by atoms with Crippen LogP contribution in [-0.2, 0) is 0 Å². The monoisotopic (exact) mass is 407 g/mol. The van der Waals surface area contributed by atoms with E-state index in [4.69, 9.17) is 39.5 Å². The van der Waals surface area contributed by atoms with Gasteiger partial charge in [-0.2, -0.15) is 0 Å². The van der Waals surface area contributed by atoms with Crippen LogP contribution in [0, 0.1) is 0 Å². The second-order valence-electron chi connectivity index (χ2n) is 4.43. The second-order valence-corrected chi connectivity index (χ2v) is 6.60. The lowest BCUT2D eigenvalue weighted by atomic mass is 9.98. The van der Waals surface area contributed by atoms with Crippen LogP contribution in [0.5, 0.6) is 5.75 Å². The maximum atomic E-state index is 6.36. The van der Waals surface area contributed by atoms with Gasteiger partial charge in [0, 0.05) is 20.6 Å². The first-order valence-corrected chi connectivity index (χ1v) is 8.05. The summed E-state index contributed by atoms with van der Waals surface area (Å²) in [6, 6.07) is 9.10. The van der Waals surface area contributed by atoms with Gasteiger partial charge in [-0.05, 0) is 42.4 Å². The van der Waals surface area contributed by atoms with Crippen molar-refractivity contribution in [1.82, 2.24) is 5.32 Å². The lowest BCUT2D eigenvalue weighted by Crippen LogP contribution is -2.18. The summed E-state index contributed by atoms with van der Waals surface area (Å²) in [5.74, 6) is 0.549. The minimum Gasteiger partial charge on any atom is -0.495 e. The zero-order valence-corrected chi connectivity index (χ0v) is 15.2. The van der Waals surface area contributed by atoms with Crippen LogP contribution >= 0.6 is 50.7 Å². The Kier molecular flexibility index (Phi) is 5.81. The van der Waals surface area contributed by atoms with Crippen molar-refractivity contribution < 1.29 is 4.74 Å². The predicted octanol–water partition coefficient (Wildman–Crippen LogP) is 5.73. The van der Waals surface area contributed by atoms with E-state index in [-0.39, 0.29) is 6.04 Å². The van der Waals surface area contributed by atoms with Gasteiger partial charge in [-0.1, -0.05) is 50.7 Å². The van der Waals surface area contributed by atoms with E-state index in [1.54, 1.807) is 19.2 Å². The van der Waals surface area contributed by atoms with Crippen molar-refractivity contribution in [2.75, 3.05) is 14.2 Å². The summed E-state index contributed by atoms with van der Waals surface area (Å²) in [5.41, 5.74) is 1.85. The van der Waals surface area contributed by atoms with Gasteiger partial charge in [-0.15, -0.1) is 0 Å².